The zero-order valence-corrected chi connectivity index (χ0v) is 11.6. The largest absolute Gasteiger partial charge is 0.342 e. The third-order valence-corrected chi connectivity index (χ3v) is 3.05. The number of benzene rings is 1. The number of carbonyl (C=O) groups is 1. The highest BCUT2D eigenvalue weighted by molar-refractivity contribution is 5.83. The maximum Gasteiger partial charge on any atom is 0.244 e. The van der Waals surface area contributed by atoms with Crippen molar-refractivity contribution in [2.75, 3.05) is 19.6 Å². The minimum atomic E-state index is -0.217. The van der Waals surface area contributed by atoms with Crippen molar-refractivity contribution in [3.05, 3.63) is 35.9 Å². The number of hydrogen-bond acceptors (Lipinski definition) is 2. The van der Waals surface area contributed by atoms with Gasteiger partial charge < -0.3 is 10.2 Å². The Kier molecular flexibility index (Phi) is 6.44. The Morgan fingerprint density at radius 1 is 1.17 bits per heavy atom. The van der Waals surface area contributed by atoms with Gasteiger partial charge in [-0.25, -0.2) is 0 Å². The summed E-state index contributed by atoms with van der Waals surface area (Å²) in [6.07, 6.45) is 1.02. The van der Waals surface area contributed by atoms with Crippen LogP contribution in [0.3, 0.4) is 0 Å². The average Bonchev–Trinajstić information content (AvgIpc) is 2.42. The number of nitrogens with one attached hydrogen (secondary N) is 1. The minimum Gasteiger partial charge on any atom is -0.342 e. The maximum absolute atomic E-state index is 12.5. The van der Waals surface area contributed by atoms with Crippen LogP contribution in [0.15, 0.2) is 30.3 Å². The first-order valence-electron chi connectivity index (χ1n) is 6.81. The zero-order chi connectivity index (χ0) is 13.4. The van der Waals surface area contributed by atoms with Gasteiger partial charge in [0.15, 0.2) is 0 Å². The summed E-state index contributed by atoms with van der Waals surface area (Å²) in [6, 6.07) is 9.73. The molecule has 1 rings (SSSR count). The lowest BCUT2D eigenvalue weighted by Crippen LogP contribution is -2.41. The van der Waals surface area contributed by atoms with Gasteiger partial charge in [0.2, 0.25) is 5.91 Å². The minimum absolute atomic E-state index is 0.166. The molecule has 3 heteroatoms. The molecule has 100 valence electrons. The molecule has 3 nitrogen and oxygen atoms in total. The molecule has 1 aromatic carbocycles. The molecular weight excluding hydrogens is 224 g/mol. The number of rotatable bonds is 7. The smallest absolute Gasteiger partial charge is 0.244 e. The van der Waals surface area contributed by atoms with Gasteiger partial charge in [0.1, 0.15) is 6.04 Å². The molecule has 18 heavy (non-hydrogen) atoms. The Morgan fingerprint density at radius 2 is 1.78 bits per heavy atom. The molecule has 0 saturated carbocycles. The molecular formula is C15H24N2O. The summed E-state index contributed by atoms with van der Waals surface area (Å²) < 4.78 is 0. The summed E-state index contributed by atoms with van der Waals surface area (Å²) in [4.78, 5) is 14.4. The van der Waals surface area contributed by atoms with E-state index in [2.05, 4.69) is 12.2 Å². The van der Waals surface area contributed by atoms with Crippen molar-refractivity contribution in [1.82, 2.24) is 10.2 Å². The van der Waals surface area contributed by atoms with Crippen molar-refractivity contribution in [2.45, 2.75) is 33.2 Å². The van der Waals surface area contributed by atoms with Crippen LogP contribution in [0.5, 0.6) is 0 Å². The monoisotopic (exact) mass is 248 g/mol. The summed E-state index contributed by atoms with van der Waals surface area (Å²) in [5, 5.41) is 3.34. The number of nitrogens with zero attached hydrogens (tertiary/aromatic N) is 1. The fourth-order valence-corrected chi connectivity index (χ4v) is 2.00. The number of carbonyl (C=O) groups excluding carboxylic acids is 1. The van der Waals surface area contributed by atoms with Gasteiger partial charge in [-0.15, -0.1) is 0 Å². The van der Waals surface area contributed by atoms with Crippen LogP contribution in [0.4, 0.5) is 0 Å². The Labute approximate surface area is 110 Å². The highest BCUT2D eigenvalue weighted by Gasteiger charge is 2.23. The molecule has 0 radical (unpaired) electrons. The molecule has 0 heterocycles. The number of amides is 1. The molecule has 0 bridgehead atoms. The van der Waals surface area contributed by atoms with Crippen molar-refractivity contribution in [3.8, 4) is 0 Å². The lowest BCUT2D eigenvalue weighted by molar-refractivity contribution is -0.133. The average molecular weight is 248 g/mol. The van der Waals surface area contributed by atoms with E-state index < -0.39 is 0 Å². The summed E-state index contributed by atoms with van der Waals surface area (Å²) in [7, 11) is 0. The number of likely N-dealkylation sites (N-methyl/N-ethyl adjacent to an activating group) is 1. The van der Waals surface area contributed by atoms with Crippen LogP contribution in [0.1, 0.15) is 38.8 Å². The first-order chi connectivity index (χ1) is 8.74. The molecule has 0 aliphatic carbocycles. The van der Waals surface area contributed by atoms with Crippen molar-refractivity contribution < 1.29 is 4.79 Å². The lowest BCUT2D eigenvalue weighted by Gasteiger charge is -2.26. The summed E-state index contributed by atoms with van der Waals surface area (Å²) in [5.41, 5.74) is 1.04. The van der Waals surface area contributed by atoms with E-state index in [4.69, 9.17) is 0 Å². The fraction of sp³-hybridized carbons (Fsp3) is 0.533. The second-order valence-electron chi connectivity index (χ2n) is 4.31. The zero-order valence-electron chi connectivity index (χ0n) is 11.6. The predicted molar refractivity (Wildman–Crippen MR) is 75.4 cm³/mol. The first kappa shape index (κ1) is 14.7. The molecule has 1 N–H and O–H groups in total. The first-order valence-corrected chi connectivity index (χ1v) is 6.81. The molecule has 0 aliphatic rings. The molecule has 0 aromatic heterocycles. The summed E-state index contributed by atoms with van der Waals surface area (Å²) in [5.74, 6) is 0.166. The topological polar surface area (TPSA) is 32.3 Å². The Balaban J connectivity index is 2.87. The normalized spacial score (nSPS) is 12.2. The second kappa shape index (κ2) is 7.88. The van der Waals surface area contributed by atoms with E-state index >= 15 is 0 Å². The van der Waals surface area contributed by atoms with E-state index in [1.165, 1.54) is 0 Å². The third kappa shape index (κ3) is 3.84. The highest BCUT2D eigenvalue weighted by atomic mass is 16.2. The molecule has 0 aliphatic heterocycles. The predicted octanol–water partition coefficient (Wildman–Crippen LogP) is 2.60. The van der Waals surface area contributed by atoms with E-state index in [0.717, 1.165) is 31.6 Å². The lowest BCUT2D eigenvalue weighted by atomic mass is 10.1. The van der Waals surface area contributed by atoms with Gasteiger partial charge >= 0.3 is 0 Å². The van der Waals surface area contributed by atoms with Crippen molar-refractivity contribution in [3.63, 3.8) is 0 Å². The van der Waals surface area contributed by atoms with E-state index in [0.29, 0.717) is 0 Å². The standard InChI is InChI=1S/C15H24N2O/c1-4-12-16-14(13-10-8-7-9-11-13)15(18)17(5-2)6-3/h7-11,14,16H,4-6,12H2,1-3H3. The Hall–Kier alpha value is -1.35. The van der Waals surface area contributed by atoms with Gasteiger partial charge in [0, 0.05) is 13.1 Å². The Morgan fingerprint density at radius 3 is 2.28 bits per heavy atom. The van der Waals surface area contributed by atoms with Gasteiger partial charge in [0.25, 0.3) is 0 Å². The van der Waals surface area contributed by atoms with Gasteiger partial charge in [-0.05, 0) is 32.4 Å². The van der Waals surface area contributed by atoms with Gasteiger partial charge in [-0.3, -0.25) is 4.79 Å². The molecule has 1 unspecified atom stereocenters. The molecule has 0 fully saturated rings. The van der Waals surface area contributed by atoms with Crippen LogP contribution >= 0.6 is 0 Å². The third-order valence-electron chi connectivity index (χ3n) is 3.05. The van der Waals surface area contributed by atoms with E-state index in [9.17, 15) is 4.79 Å². The second-order valence-corrected chi connectivity index (χ2v) is 4.31. The van der Waals surface area contributed by atoms with E-state index in [1.807, 2.05) is 49.1 Å². The van der Waals surface area contributed by atoms with Crippen LogP contribution in [-0.4, -0.2) is 30.4 Å². The molecule has 1 aromatic rings. The Bertz CT molecular complexity index is 347. The molecule has 1 amide bonds. The van der Waals surface area contributed by atoms with Gasteiger partial charge in [-0.2, -0.15) is 0 Å². The molecule has 0 saturated heterocycles. The summed E-state index contributed by atoms with van der Waals surface area (Å²) in [6.45, 7) is 8.51. The van der Waals surface area contributed by atoms with Crippen LogP contribution in [0.2, 0.25) is 0 Å². The van der Waals surface area contributed by atoms with Crippen molar-refractivity contribution in [2.24, 2.45) is 0 Å². The van der Waals surface area contributed by atoms with Gasteiger partial charge in [-0.1, -0.05) is 37.3 Å². The fourth-order valence-electron chi connectivity index (χ4n) is 2.00. The van der Waals surface area contributed by atoms with Crippen LogP contribution in [0.25, 0.3) is 0 Å². The number of hydrogen-bond donors (Lipinski definition) is 1. The van der Waals surface area contributed by atoms with E-state index in [-0.39, 0.29) is 11.9 Å². The van der Waals surface area contributed by atoms with Gasteiger partial charge in [0.05, 0.1) is 0 Å². The van der Waals surface area contributed by atoms with Crippen molar-refractivity contribution in [1.29, 1.82) is 0 Å². The summed E-state index contributed by atoms with van der Waals surface area (Å²) >= 11 is 0. The SMILES string of the molecule is CCCNC(C(=O)N(CC)CC)c1ccccc1. The van der Waals surface area contributed by atoms with Crippen LogP contribution in [-0.2, 0) is 4.79 Å². The van der Waals surface area contributed by atoms with Crippen LogP contribution in [0, 0.1) is 0 Å². The quantitative estimate of drug-likeness (QED) is 0.804. The molecule has 1 atom stereocenters. The highest BCUT2D eigenvalue weighted by Crippen LogP contribution is 2.15. The maximum atomic E-state index is 12.5. The van der Waals surface area contributed by atoms with E-state index in [1.54, 1.807) is 0 Å². The molecule has 0 spiro atoms. The van der Waals surface area contributed by atoms with Crippen LogP contribution < -0.4 is 5.32 Å². The van der Waals surface area contributed by atoms with Crippen molar-refractivity contribution >= 4 is 5.91 Å².